The summed E-state index contributed by atoms with van der Waals surface area (Å²) in [5.41, 5.74) is 4.06. The fourth-order valence-corrected chi connectivity index (χ4v) is 3.64. The lowest BCUT2D eigenvalue weighted by Gasteiger charge is -2.13. The van der Waals surface area contributed by atoms with Crippen molar-refractivity contribution in [3.05, 3.63) is 58.1 Å². The van der Waals surface area contributed by atoms with E-state index in [-0.39, 0.29) is 0 Å². The number of hydrogen-bond donors (Lipinski definition) is 1. The van der Waals surface area contributed by atoms with Gasteiger partial charge in [-0.2, -0.15) is 5.10 Å². The van der Waals surface area contributed by atoms with Gasteiger partial charge in [0.25, 0.3) is 0 Å². The number of aromatic nitrogens is 2. The Kier molecular flexibility index (Phi) is 4.79. The van der Waals surface area contributed by atoms with E-state index in [1.54, 1.807) is 7.11 Å². The summed E-state index contributed by atoms with van der Waals surface area (Å²) < 4.78 is 7.46. The lowest BCUT2D eigenvalue weighted by atomic mass is 10.0. The minimum absolute atomic E-state index is 0.645. The molecule has 0 radical (unpaired) electrons. The summed E-state index contributed by atoms with van der Waals surface area (Å²) in [6, 6.07) is 13.4. The Labute approximate surface area is 162 Å². The molecule has 1 N–H and O–H groups in total. The van der Waals surface area contributed by atoms with Crippen LogP contribution in [0.1, 0.15) is 18.4 Å². The smallest absolute Gasteiger partial charge is 0.144 e. The average Bonchev–Trinajstić information content (AvgIpc) is 2.84. The highest BCUT2D eigenvalue weighted by molar-refractivity contribution is 6.31. The standard InChI is InChI=1S/C20H19Cl2N3O/c1-26-18-10-9-15(22)12-17(18)25-20-16(4-2-3-11-23-20)19(24-25)13-5-7-14(21)8-6-13/h5-10,12,23H,2-4,11H2,1H3. The Morgan fingerprint density at radius 3 is 2.58 bits per heavy atom. The summed E-state index contributed by atoms with van der Waals surface area (Å²) in [5, 5.41) is 9.83. The molecule has 2 heterocycles. The van der Waals surface area contributed by atoms with Crippen molar-refractivity contribution in [1.82, 2.24) is 9.78 Å². The van der Waals surface area contributed by atoms with Gasteiger partial charge in [0.1, 0.15) is 17.3 Å². The van der Waals surface area contributed by atoms with Crippen LogP contribution in [-0.2, 0) is 6.42 Å². The number of halogens is 2. The van der Waals surface area contributed by atoms with E-state index in [1.807, 2.05) is 47.1 Å². The van der Waals surface area contributed by atoms with Crippen LogP contribution in [0.25, 0.3) is 16.9 Å². The summed E-state index contributed by atoms with van der Waals surface area (Å²) in [7, 11) is 1.66. The van der Waals surface area contributed by atoms with E-state index in [4.69, 9.17) is 33.0 Å². The third kappa shape index (κ3) is 3.15. The molecule has 3 aromatic rings. The third-order valence-corrected chi connectivity index (χ3v) is 5.10. The van der Waals surface area contributed by atoms with Crippen molar-refractivity contribution in [3.8, 4) is 22.7 Å². The van der Waals surface area contributed by atoms with Crippen molar-refractivity contribution in [3.63, 3.8) is 0 Å². The van der Waals surface area contributed by atoms with Gasteiger partial charge in [0.2, 0.25) is 0 Å². The second-order valence-electron chi connectivity index (χ2n) is 6.29. The van der Waals surface area contributed by atoms with Crippen molar-refractivity contribution in [1.29, 1.82) is 0 Å². The number of fused-ring (bicyclic) bond motifs is 1. The molecule has 6 heteroatoms. The molecule has 2 aromatic carbocycles. The molecule has 4 rings (SSSR count). The first-order valence-electron chi connectivity index (χ1n) is 8.63. The predicted octanol–water partition coefficient (Wildman–Crippen LogP) is 5.60. The van der Waals surface area contributed by atoms with Gasteiger partial charge in [-0.05, 0) is 49.6 Å². The zero-order valence-corrected chi connectivity index (χ0v) is 15.9. The molecule has 0 unspecified atom stereocenters. The molecule has 0 saturated carbocycles. The molecule has 134 valence electrons. The van der Waals surface area contributed by atoms with Crippen LogP contribution in [0.5, 0.6) is 5.75 Å². The summed E-state index contributed by atoms with van der Waals surface area (Å²) in [6.45, 7) is 0.918. The topological polar surface area (TPSA) is 39.1 Å². The highest BCUT2D eigenvalue weighted by Crippen LogP contribution is 2.37. The van der Waals surface area contributed by atoms with Crippen molar-refractivity contribution >= 4 is 29.0 Å². The number of anilines is 1. The van der Waals surface area contributed by atoms with Gasteiger partial charge in [-0.3, -0.25) is 0 Å². The van der Waals surface area contributed by atoms with Crippen LogP contribution in [-0.4, -0.2) is 23.4 Å². The van der Waals surface area contributed by atoms with Gasteiger partial charge >= 0.3 is 0 Å². The van der Waals surface area contributed by atoms with E-state index in [2.05, 4.69) is 5.32 Å². The maximum Gasteiger partial charge on any atom is 0.144 e. The van der Waals surface area contributed by atoms with E-state index in [0.29, 0.717) is 10.0 Å². The average molecular weight is 388 g/mol. The van der Waals surface area contributed by atoms with Crippen LogP contribution < -0.4 is 10.1 Å². The van der Waals surface area contributed by atoms with E-state index in [1.165, 1.54) is 5.56 Å². The van der Waals surface area contributed by atoms with Crippen molar-refractivity contribution < 1.29 is 4.74 Å². The van der Waals surface area contributed by atoms with E-state index in [9.17, 15) is 0 Å². The summed E-state index contributed by atoms with van der Waals surface area (Å²) in [5.74, 6) is 1.74. The van der Waals surface area contributed by atoms with Crippen LogP contribution >= 0.6 is 23.2 Å². The predicted molar refractivity (Wildman–Crippen MR) is 107 cm³/mol. The zero-order chi connectivity index (χ0) is 18.1. The highest BCUT2D eigenvalue weighted by atomic mass is 35.5. The molecule has 0 saturated heterocycles. The minimum atomic E-state index is 0.645. The summed E-state index contributed by atoms with van der Waals surface area (Å²) >= 11 is 12.3. The molecule has 26 heavy (non-hydrogen) atoms. The Morgan fingerprint density at radius 2 is 1.81 bits per heavy atom. The molecule has 0 aliphatic carbocycles. The number of nitrogens with one attached hydrogen (secondary N) is 1. The van der Waals surface area contributed by atoms with E-state index >= 15 is 0 Å². The number of benzene rings is 2. The first kappa shape index (κ1) is 17.3. The number of nitrogens with zero attached hydrogens (tertiary/aromatic N) is 2. The fourth-order valence-electron chi connectivity index (χ4n) is 3.34. The molecular formula is C20H19Cl2N3O. The number of methoxy groups -OCH3 is 1. The highest BCUT2D eigenvalue weighted by Gasteiger charge is 2.23. The van der Waals surface area contributed by atoms with Gasteiger partial charge in [0.05, 0.1) is 12.8 Å². The van der Waals surface area contributed by atoms with Crippen LogP contribution in [0, 0.1) is 0 Å². The van der Waals surface area contributed by atoms with Crippen molar-refractivity contribution in [2.75, 3.05) is 19.0 Å². The Hall–Kier alpha value is -2.17. The molecule has 1 aliphatic heterocycles. The maximum atomic E-state index is 6.25. The SMILES string of the molecule is COc1ccc(Cl)cc1-n1nc(-c2ccc(Cl)cc2)c2c1NCCCC2. The third-order valence-electron chi connectivity index (χ3n) is 4.62. The number of hydrogen-bond acceptors (Lipinski definition) is 3. The van der Waals surface area contributed by atoms with Gasteiger partial charge < -0.3 is 10.1 Å². The molecule has 0 fully saturated rings. The first-order valence-corrected chi connectivity index (χ1v) is 9.38. The largest absolute Gasteiger partial charge is 0.494 e. The molecular weight excluding hydrogens is 369 g/mol. The summed E-state index contributed by atoms with van der Waals surface area (Å²) in [4.78, 5) is 0. The lowest BCUT2D eigenvalue weighted by Crippen LogP contribution is -2.08. The van der Waals surface area contributed by atoms with Gasteiger partial charge in [0.15, 0.2) is 0 Å². The fraction of sp³-hybridized carbons (Fsp3) is 0.250. The second kappa shape index (κ2) is 7.22. The number of rotatable bonds is 3. The molecule has 0 atom stereocenters. The molecule has 0 spiro atoms. The molecule has 1 aromatic heterocycles. The molecule has 0 bridgehead atoms. The zero-order valence-electron chi connectivity index (χ0n) is 14.4. The van der Waals surface area contributed by atoms with Gasteiger partial charge in [-0.1, -0.05) is 35.3 Å². The van der Waals surface area contributed by atoms with Gasteiger partial charge in [-0.25, -0.2) is 4.68 Å². The normalized spacial score (nSPS) is 13.7. The monoisotopic (exact) mass is 387 g/mol. The van der Waals surface area contributed by atoms with E-state index < -0.39 is 0 Å². The maximum absolute atomic E-state index is 6.25. The Balaban J connectivity index is 1.93. The van der Waals surface area contributed by atoms with Gasteiger partial charge in [0, 0.05) is 27.7 Å². The van der Waals surface area contributed by atoms with Crippen LogP contribution in [0.3, 0.4) is 0 Å². The van der Waals surface area contributed by atoms with Crippen LogP contribution in [0.15, 0.2) is 42.5 Å². The van der Waals surface area contributed by atoms with Crippen molar-refractivity contribution in [2.45, 2.75) is 19.3 Å². The molecule has 0 amide bonds. The minimum Gasteiger partial charge on any atom is -0.494 e. The Bertz CT molecular complexity index is 935. The molecule has 1 aliphatic rings. The van der Waals surface area contributed by atoms with E-state index in [0.717, 1.165) is 54.3 Å². The number of ether oxygens (including phenoxy) is 1. The lowest BCUT2D eigenvalue weighted by molar-refractivity contribution is 0.412. The van der Waals surface area contributed by atoms with Crippen LogP contribution in [0.2, 0.25) is 10.0 Å². The Morgan fingerprint density at radius 1 is 1.04 bits per heavy atom. The van der Waals surface area contributed by atoms with Crippen molar-refractivity contribution in [2.24, 2.45) is 0 Å². The second-order valence-corrected chi connectivity index (χ2v) is 7.17. The first-order chi connectivity index (χ1) is 12.7. The summed E-state index contributed by atoms with van der Waals surface area (Å²) in [6.07, 6.45) is 3.23. The quantitative estimate of drug-likeness (QED) is 0.635. The van der Waals surface area contributed by atoms with Crippen LogP contribution in [0.4, 0.5) is 5.82 Å². The van der Waals surface area contributed by atoms with Gasteiger partial charge in [-0.15, -0.1) is 0 Å². The molecule has 4 nitrogen and oxygen atoms in total.